The van der Waals surface area contributed by atoms with Gasteiger partial charge >= 0.3 is 0 Å². The zero-order valence-corrected chi connectivity index (χ0v) is 14.2. The summed E-state index contributed by atoms with van der Waals surface area (Å²) in [5.74, 6) is 0.410. The molecule has 0 amide bonds. The third kappa shape index (κ3) is 2.45. The van der Waals surface area contributed by atoms with Gasteiger partial charge in [0.1, 0.15) is 16.5 Å². The van der Waals surface area contributed by atoms with Gasteiger partial charge in [-0.05, 0) is 31.2 Å². The zero-order chi connectivity index (χ0) is 17.6. The lowest BCUT2D eigenvalue weighted by molar-refractivity contribution is -0.384. The van der Waals surface area contributed by atoms with Crippen molar-refractivity contribution in [3.8, 4) is 0 Å². The Labute approximate surface area is 148 Å². The van der Waals surface area contributed by atoms with Gasteiger partial charge in [-0.2, -0.15) is 0 Å². The van der Waals surface area contributed by atoms with E-state index in [1.165, 1.54) is 17.4 Å². The van der Waals surface area contributed by atoms with Crippen molar-refractivity contribution in [2.75, 3.05) is 4.90 Å². The summed E-state index contributed by atoms with van der Waals surface area (Å²) in [6.07, 6.45) is 0. The highest BCUT2D eigenvalue weighted by Gasteiger charge is 2.29. The summed E-state index contributed by atoms with van der Waals surface area (Å²) in [7, 11) is 0. The normalized spacial score (nSPS) is 12.8. The van der Waals surface area contributed by atoms with E-state index in [9.17, 15) is 10.1 Å². The number of hydrogen-bond donors (Lipinski definition) is 1. The van der Waals surface area contributed by atoms with Crippen LogP contribution in [0, 0.1) is 17.0 Å². The van der Waals surface area contributed by atoms with E-state index in [2.05, 4.69) is 4.99 Å². The average Bonchev–Trinajstić information content (AvgIpc) is 2.94. The fourth-order valence-corrected chi connectivity index (χ4v) is 3.99. The van der Waals surface area contributed by atoms with Crippen molar-refractivity contribution in [3.05, 3.63) is 75.2 Å². The third-order valence-electron chi connectivity index (χ3n) is 4.00. The number of aryl methyl sites for hydroxylation is 1. The molecule has 0 radical (unpaired) electrons. The molecule has 0 unspecified atom stereocenters. The molecule has 1 aromatic heterocycles. The summed E-state index contributed by atoms with van der Waals surface area (Å²) >= 11 is 1.54. The minimum atomic E-state index is -0.368. The Hall–Kier alpha value is -3.19. The maximum Gasteiger partial charge on any atom is 0.293 e. The first kappa shape index (κ1) is 15.3. The highest BCUT2D eigenvalue weighted by atomic mass is 32.1. The summed E-state index contributed by atoms with van der Waals surface area (Å²) in [5.41, 5.74) is 8.97. The molecule has 0 saturated heterocycles. The molecule has 1 aliphatic heterocycles. The van der Waals surface area contributed by atoms with Crippen LogP contribution >= 0.6 is 11.3 Å². The van der Waals surface area contributed by atoms with Gasteiger partial charge in [-0.1, -0.05) is 24.3 Å². The van der Waals surface area contributed by atoms with E-state index in [0.717, 1.165) is 21.1 Å². The number of nitro benzene ring substituents is 1. The minimum absolute atomic E-state index is 0.0368. The molecule has 124 valence electrons. The lowest BCUT2D eigenvalue weighted by atomic mass is 10.2. The van der Waals surface area contributed by atoms with E-state index in [-0.39, 0.29) is 10.6 Å². The van der Waals surface area contributed by atoms with Crippen LogP contribution in [0.25, 0.3) is 0 Å². The number of rotatable bonds is 2. The van der Waals surface area contributed by atoms with Gasteiger partial charge in [0.15, 0.2) is 0 Å². The second kappa shape index (κ2) is 5.71. The molecule has 1 aliphatic rings. The first-order chi connectivity index (χ1) is 12.1. The predicted octanol–water partition coefficient (Wildman–Crippen LogP) is 4.78. The molecule has 0 spiro atoms. The quantitative estimate of drug-likeness (QED) is 0.532. The van der Waals surface area contributed by atoms with E-state index >= 15 is 0 Å². The molecule has 0 saturated carbocycles. The summed E-state index contributed by atoms with van der Waals surface area (Å²) < 4.78 is 0. The number of nitrogens with zero attached hydrogens (tertiary/aromatic N) is 3. The molecule has 6 nitrogen and oxygen atoms in total. The largest absolute Gasteiger partial charge is 0.383 e. The lowest BCUT2D eigenvalue weighted by Crippen LogP contribution is -2.15. The number of fused-ring (bicyclic) bond motifs is 2. The van der Waals surface area contributed by atoms with Gasteiger partial charge in [-0.25, -0.2) is 4.99 Å². The van der Waals surface area contributed by atoms with Crippen molar-refractivity contribution in [2.45, 2.75) is 6.92 Å². The van der Waals surface area contributed by atoms with Gasteiger partial charge in [-0.3, -0.25) is 15.0 Å². The predicted molar refractivity (Wildman–Crippen MR) is 101 cm³/mol. The summed E-state index contributed by atoms with van der Waals surface area (Å²) in [6, 6.07) is 16.2. The first-order valence-electron chi connectivity index (χ1n) is 7.64. The van der Waals surface area contributed by atoms with Gasteiger partial charge in [0, 0.05) is 10.9 Å². The maximum atomic E-state index is 11.6. The monoisotopic (exact) mass is 350 g/mol. The second-order valence-corrected chi connectivity index (χ2v) is 6.88. The lowest BCUT2D eigenvalue weighted by Gasteiger charge is -2.24. The maximum absolute atomic E-state index is 11.6. The number of thiophene rings is 1. The molecule has 2 N–H and O–H groups in total. The van der Waals surface area contributed by atoms with E-state index in [0.29, 0.717) is 17.2 Å². The SMILES string of the molecule is Cc1cc2c(s1)N(c1ccccc1[N+](=O)[O-])c1ccccc1N=C2N. The summed E-state index contributed by atoms with van der Waals surface area (Å²) in [6.45, 7) is 1.98. The fraction of sp³-hybridized carbons (Fsp3) is 0.0556. The molecule has 0 fully saturated rings. The number of hydrogen-bond acceptors (Lipinski definition) is 6. The molecular formula is C18H14N4O2S. The van der Waals surface area contributed by atoms with Gasteiger partial charge in [0.05, 0.1) is 21.9 Å². The number of anilines is 3. The minimum Gasteiger partial charge on any atom is -0.383 e. The Morgan fingerprint density at radius 3 is 2.56 bits per heavy atom. The van der Waals surface area contributed by atoms with Gasteiger partial charge < -0.3 is 5.73 Å². The van der Waals surface area contributed by atoms with Crippen molar-refractivity contribution in [1.82, 2.24) is 0 Å². The van der Waals surface area contributed by atoms with Crippen molar-refractivity contribution < 1.29 is 4.92 Å². The molecule has 2 aromatic carbocycles. The molecule has 0 aliphatic carbocycles. The Morgan fingerprint density at radius 2 is 1.80 bits per heavy atom. The molecule has 7 heteroatoms. The van der Waals surface area contributed by atoms with Crippen molar-refractivity contribution in [1.29, 1.82) is 0 Å². The topological polar surface area (TPSA) is 84.8 Å². The molecule has 0 atom stereocenters. The third-order valence-corrected chi connectivity index (χ3v) is 5.03. The van der Waals surface area contributed by atoms with Gasteiger partial charge in [0.25, 0.3) is 5.69 Å². The second-order valence-electron chi connectivity index (χ2n) is 5.64. The van der Waals surface area contributed by atoms with E-state index in [1.54, 1.807) is 18.2 Å². The number of nitrogens with two attached hydrogens (primary N) is 1. The molecule has 3 aromatic rings. The zero-order valence-electron chi connectivity index (χ0n) is 13.3. The Kier molecular flexibility index (Phi) is 3.51. The Bertz CT molecular complexity index is 1030. The van der Waals surface area contributed by atoms with Crippen LogP contribution in [0.1, 0.15) is 10.4 Å². The summed E-state index contributed by atoms with van der Waals surface area (Å²) in [4.78, 5) is 18.7. The standard InChI is InChI=1S/C18H14N4O2S/c1-11-10-12-17(19)20-13-6-2-3-7-14(13)21(18(12)25-11)15-8-4-5-9-16(15)22(23)24/h2-10H,1H3,(H2,19,20). The van der Waals surface area contributed by atoms with Crippen LogP contribution in [0.2, 0.25) is 0 Å². The Balaban J connectivity index is 2.07. The summed E-state index contributed by atoms with van der Waals surface area (Å²) in [5, 5.41) is 12.4. The van der Waals surface area contributed by atoms with Crippen LogP contribution in [0.3, 0.4) is 0 Å². The smallest absolute Gasteiger partial charge is 0.293 e. The molecule has 4 rings (SSSR count). The molecule has 2 heterocycles. The van der Waals surface area contributed by atoms with Crippen LogP contribution in [0.5, 0.6) is 0 Å². The van der Waals surface area contributed by atoms with E-state index in [1.807, 2.05) is 42.2 Å². The number of amidine groups is 1. The number of aliphatic imine (C=N–C) groups is 1. The van der Waals surface area contributed by atoms with Crippen LogP contribution < -0.4 is 10.6 Å². The van der Waals surface area contributed by atoms with E-state index < -0.39 is 0 Å². The van der Waals surface area contributed by atoms with Gasteiger partial charge in [-0.15, -0.1) is 11.3 Å². The highest BCUT2D eigenvalue weighted by molar-refractivity contribution is 7.16. The van der Waals surface area contributed by atoms with Gasteiger partial charge in [0.2, 0.25) is 0 Å². The van der Waals surface area contributed by atoms with Crippen molar-refractivity contribution in [2.24, 2.45) is 10.7 Å². The molecule has 25 heavy (non-hydrogen) atoms. The fourth-order valence-electron chi connectivity index (χ4n) is 2.95. The number of benzene rings is 2. The molecular weight excluding hydrogens is 336 g/mol. The molecule has 0 bridgehead atoms. The highest BCUT2D eigenvalue weighted by Crippen LogP contribution is 2.49. The van der Waals surface area contributed by atoms with Crippen LogP contribution in [0.15, 0.2) is 59.6 Å². The first-order valence-corrected chi connectivity index (χ1v) is 8.45. The van der Waals surface area contributed by atoms with Crippen LogP contribution in [-0.4, -0.2) is 10.8 Å². The average molecular weight is 350 g/mol. The number of para-hydroxylation sites is 4. The van der Waals surface area contributed by atoms with Crippen LogP contribution in [0.4, 0.5) is 27.8 Å². The number of nitro groups is 1. The Morgan fingerprint density at radius 1 is 1.12 bits per heavy atom. The van der Waals surface area contributed by atoms with Crippen LogP contribution in [-0.2, 0) is 0 Å². The van der Waals surface area contributed by atoms with E-state index in [4.69, 9.17) is 5.73 Å². The van der Waals surface area contributed by atoms with Crippen molar-refractivity contribution in [3.63, 3.8) is 0 Å². The van der Waals surface area contributed by atoms with Crippen molar-refractivity contribution >= 4 is 44.9 Å².